The molecule has 3 heteroatoms. The molecule has 1 aromatic carbocycles. The Balaban J connectivity index is 2.94. The molecule has 1 atom stereocenters. The van der Waals surface area contributed by atoms with Gasteiger partial charge in [-0.15, -0.1) is 6.58 Å². The highest BCUT2D eigenvalue weighted by Gasteiger charge is 2.15. The van der Waals surface area contributed by atoms with E-state index < -0.39 is 5.63 Å². The van der Waals surface area contributed by atoms with Crippen molar-refractivity contribution < 1.29 is 9.52 Å². The number of benzene rings is 1. The second-order valence-electron chi connectivity index (χ2n) is 4.15. The quantitative estimate of drug-likeness (QED) is 0.637. The molecule has 0 amide bonds. The zero-order chi connectivity index (χ0) is 12.6. The molecule has 0 radical (unpaired) electrons. The van der Waals surface area contributed by atoms with Crippen molar-refractivity contribution in [2.75, 3.05) is 0 Å². The van der Waals surface area contributed by atoms with Crippen LogP contribution in [0, 0.1) is 6.92 Å². The lowest BCUT2D eigenvalue weighted by Crippen LogP contribution is -2.01. The van der Waals surface area contributed by atoms with Crippen LogP contribution >= 0.6 is 0 Å². The van der Waals surface area contributed by atoms with E-state index in [0.29, 0.717) is 11.1 Å². The first-order valence-electron chi connectivity index (χ1n) is 5.43. The Labute approximate surface area is 99.0 Å². The Morgan fingerprint density at radius 3 is 2.82 bits per heavy atom. The molecular formula is C14H14O3. The number of phenolic OH excluding ortho intramolecular Hbond substituents is 1. The third-order valence-electron chi connectivity index (χ3n) is 2.94. The van der Waals surface area contributed by atoms with Gasteiger partial charge in [0.05, 0.1) is 0 Å². The van der Waals surface area contributed by atoms with E-state index >= 15 is 0 Å². The van der Waals surface area contributed by atoms with E-state index in [2.05, 4.69) is 6.58 Å². The van der Waals surface area contributed by atoms with Crippen molar-refractivity contribution in [2.24, 2.45) is 0 Å². The maximum absolute atomic E-state index is 11.4. The van der Waals surface area contributed by atoms with Crippen molar-refractivity contribution in [3.05, 3.63) is 52.4 Å². The largest absolute Gasteiger partial charge is 0.508 e. The molecule has 2 aromatic rings. The van der Waals surface area contributed by atoms with Crippen molar-refractivity contribution in [3.63, 3.8) is 0 Å². The van der Waals surface area contributed by atoms with Gasteiger partial charge in [0.15, 0.2) is 0 Å². The molecule has 0 saturated heterocycles. The number of aromatic hydroxyl groups is 1. The predicted octanol–water partition coefficient (Wildman–Crippen LogP) is 3.10. The van der Waals surface area contributed by atoms with Gasteiger partial charge in [-0.3, -0.25) is 0 Å². The fraction of sp³-hybridized carbons (Fsp3) is 0.214. The Kier molecular flexibility index (Phi) is 2.76. The van der Waals surface area contributed by atoms with Crippen LogP contribution in [0.15, 0.2) is 40.1 Å². The molecular weight excluding hydrogens is 216 g/mol. The monoisotopic (exact) mass is 230 g/mol. The third-order valence-corrected chi connectivity index (χ3v) is 2.94. The average molecular weight is 230 g/mol. The summed E-state index contributed by atoms with van der Waals surface area (Å²) in [5, 5.41) is 10.7. The summed E-state index contributed by atoms with van der Waals surface area (Å²) in [4.78, 5) is 11.4. The van der Waals surface area contributed by atoms with Crippen molar-refractivity contribution in [3.8, 4) is 5.75 Å². The summed E-state index contributed by atoms with van der Waals surface area (Å²) in [5.41, 5.74) is 1.49. The van der Waals surface area contributed by atoms with Crippen molar-refractivity contribution in [2.45, 2.75) is 19.8 Å². The van der Waals surface area contributed by atoms with Crippen LogP contribution in [0.25, 0.3) is 11.0 Å². The zero-order valence-corrected chi connectivity index (χ0v) is 9.86. The highest BCUT2D eigenvalue weighted by molar-refractivity contribution is 5.85. The second kappa shape index (κ2) is 4.09. The maximum Gasteiger partial charge on any atom is 0.336 e. The molecule has 0 aliphatic heterocycles. The summed E-state index contributed by atoms with van der Waals surface area (Å²) >= 11 is 0. The SMILES string of the molecule is C=CC(C)c1c(O)ccc2c(C)cc(=O)oc12. The molecule has 2 rings (SSSR count). The molecule has 1 N–H and O–H groups in total. The second-order valence-corrected chi connectivity index (χ2v) is 4.15. The molecule has 1 heterocycles. The van der Waals surface area contributed by atoms with E-state index in [9.17, 15) is 9.90 Å². The molecule has 0 spiro atoms. The number of phenols is 1. The lowest BCUT2D eigenvalue weighted by molar-refractivity contribution is 0.463. The highest BCUT2D eigenvalue weighted by atomic mass is 16.4. The fourth-order valence-corrected chi connectivity index (χ4v) is 1.95. The molecule has 17 heavy (non-hydrogen) atoms. The lowest BCUT2D eigenvalue weighted by atomic mass is 9.96. The van der Waals surface area contributed by atoms with Crippen LogP contribution in [-0.2, 0) is 0 Å². The third kappa shape index (κ3) is 1.84. The predicted molar refractivity (Wildman–Crippen MR) is 67.5 cm³/mol. The fourth-order valence-electron chi connectivity index (χ4n) is 1.95. The maximum atomic E-state index is 11.4. The minimum absolute atomic E-state index is 0.0800. The molecule has 1 aromatic heterocycles. The average Bonchev–Trinajstić information content (AvgIpc) is 2.27. The van der Waals surface area contributed by atoms with Gasteiger partial charge in [0.2, 0.25) is 0 Å². The highest BCUT2D eigenvalue weighted by Crippen LogP contribution is 2.34. The molecule has 0 bridgehead atoms. The zero-order valence-electron chi connectivity index (χ0n) is 9.86. The van der Waals surface area contributed by atoms with E-state index in [1.807, 2.05) is 13.8 Å². The van der Waals surface area contributed by atoms with Gasteiger partial charge in [-0.2, -0.15) is 0 Å². The smallest absolute Gasteiger partial charge is 0.336 e. The van der Waals surface area contributed by atoms with Crippen LogP contribution in [0.3, 0.4) is 0 Å². The number of allylic oxidation sites excluding steroid dienone is 1. The van der Waals surface area contributed by atoms with Gasteiger partial charge in [-0.05, 0) is 24.6 Å². The Bertz CT molecular complexity index is 638. The molecule has 0 aliphatic rings. The summed E-state index contributed by atoms with van der Waals surface area (Å²) in [5.74, 6) is 0.0438. The Morgan fingerprint density at radius 2 is 2.18 bits per heavy atom. The summed E-state index contributed by atoms with van der Waals surface area (Å²) in [6.45, 7) is 7.44. The van der Waals surface area contributed by atoms with Gasteiger partial charge in [-0.25, -0.2) is 4.79 Å². The number of rotatable bonds is 2. The summed E-state index contributed by atoms with van der Waals surface area (Å²) in [6.07, 6.45) is 1.71. The molecule has 0 fully saturated rings. The summed E-state index contributed by atoms with van der Waals surface area (Å²) in [6, 6.07) is 4.81. The summed E-state index contributed by atoms with van der Waals surface area (Å²) in [7, 11) is 0. The van der Waals surface area contributed by atoms with E-state index in [1.54, 1.807) is 18.2 Å². The van der Waals surface area contributed by atoms with Gasteiger partial charge in [0.1, 0.15) is 11.3 Å². The van der Waals surface area contributed by atoms with Crippen LogP contribution in [0.4, 0.5) is 0 Å². The van der Waals surface area contributed by atoms with Gasteiger partial charge in [0, 0.05) is 22.9 Å². The number of fused-ring (bicyclic) bond motifs is 1. The molecule has 88 valence electrons. The number of hydrogen-bond donors (Lipinski definition) is 1. The minimum Gasteiger partial charge on any atom is -0.508 e. The van der Waals surface area contributed by atoms with Crippen LogP contribution in [-0.4, -0.2) is 5.11 Å². The first kappa shape index (κ1) is 11.5. The molecule has 0 saturated carbocycles. The van der Waals surface area contributed by atoms with E-state index in [-0.39, 0.29) is 11.7 Å². The van der Waals surface area contributed by atoms with E-state index in [0.717, 1.165) is 10.9 Å². The van der Waals surface area contributed by atoms with Gasteiger partial charge < -0.3 is 9.52 Å². The van der Waals surface area contributed by atoms with Crippen LogP contribution in [0.5, 0.6) is 5.75 Å². The van der Waals surface area contributed by atoms with E-state index in [1.165, 1.54) is 6.07 Å². The first-order chi connectivity index (χ1) is 8.04. The molecule has 0 aliphatic carbocycles. The van der Waals surface area contributed by atoms with Gasteiger partial charge >= 0.3 is 5.63 Å². The van der Waals surface area contributed by atoms with Gasteiger partial charge in [-0.1, -0.05) is 13.0 Å². The van der Waals surface area contributed by atoms with Gasteiger partial charge in [0.25, 0.3) is 0 Å². The molecule has 3 nitrogen and oxygen atoms in total. The Morgan fingerprint density at radius 1 is 1.47 bits per heavy atom. The Hall–Kier alpha value is -2.03. The standard InChI is InChI=1S/C14H14O3/c1-4-8(2)13-11(15)6-5-10-9(3)7-12(16)17-14(10)13/h4-8,15H,1H2,2-3H3. The van der Waals surface area contributed by atoms with E-state index in [4.69, 9.17) is 4.42 Å². The normalized spacial score (nSPS) is 12.6. The topological polar surface area (TPSA) is 50.4 Å². The summed E-state index contributed by atoms with van der Waals surface area (Å²) < 4.78 is 5.21. The first-order valence-corrected chi connectivity index (χ1v) is 5.43. The van der Waals surface area contributed by atoms with Crippen molar-refractivity contribution in [1.29, 1.82) is 0 Å². The van der Waals surface area contributed by atoms with Crippen molar-refractivity contribution in [1.82, 2.24) is 0 Å². The number of hydrogen-bond acceptors (Lipinski definition) is 3. The lowest BCUT2D eigenvalue weighted by Gasteiger charge is -2.12. The van der Waals surface area contributed by atoms with Crippen molar-refractivity contribution >= 4 is 11.0 Å². The van der Waals surface area contributed by atoms with Crippen LogP contribution in [0.1, 0.15) is 24.0 Å². The van der Waals surface area contributed by atoms with Crippen LogP contribution < -0.4 is 5.63 Å². The minimum atomic E-state index is -0.405. The molecule has 1 unspecified atom stereocenters. The van der Waals surface area contributed by atoms with Crippen LogP contribution in [0.2, 0.25) is 0 Å². The number of aryl methyl sites for hydroxylation is 1.